The van der Waals surface area contributed by atoms with Gasteiger partial charge >= 0.3 is 5.69 Å². The van der Waals surface area contributed by atoms with Crippen LogP contribution in [0, 0.1) is 12.7 Å². The summed E-state index contributed by atoms with van der Waals surface area (Å²) < 4.78 is 20.7. The van der Waals surface area contributed by atoms with Crippen LogP contribution in [0.3, 0.4) is 0 Å². The van der Waals surface area contributed by atoms with E-state index in [-0.39, 0.29) is 17.5 Å². The molecule has 2 aromatic heterocycles. The van der Waals surface area contributed by atoms with E-state index < -0.39 is 0 Å². The molecule has 6 nitrogen and oxygen atoms in total. The fourth-order valence-electron chi connectivity index (χ4n) is 4.90. The summed E-state index contributed by atoms with van der Waals surface area (Å²) in [6.45, 7) is 8.94. The summed E-state index contributed by atoms with van der Waals surface area (Å²) in [6, 6.07) is 11.5. The number of fused-ring (bicyclic) bond motifs is 1. The highest BCUT2D eigenvalue weighted by Crippen LogP contribution is 2.37. The second-order valence-electron chi connectivity index (χ2n) is 8.45. The molecule has 0 bridgehead atoms. The van der Waals surface area contributed by atoms with Crippen LogP contribution in [0.25, 0.3) is 33.5 Å². The first-order chi connectivity index (χ1) is 15.5. The van der Waals surface area contributed by atoms with Crippen molar-refractivity contribution in [2.45, 2.75) is 46.3 Å². The summed E-state index contributed by atoms with van der Waals surface area (Å²) >= 11 is 0. The van der Waals surface area contributed by atoms with Crippen molar-refractivity contribution in [2.24, 2.45) is 0 Å². The minimum atomic E-state index is -0.282. The number of aryl methyl sites for hydroxylation is 3. The normalized spacial score (nSPS) is 16.3. The molecule has 1 N–H and O–H groups in total. The van der Waals surface area contributed by atoms with Crippen molar-refractivity contribution in [1.82, 2.24) is 24.0 Å². The molecule has 1 atom stereocenters. The third-order valence-electron chi connectivity index (χ3n) is 6.52. The van der Waals surface area contributed by atoms with E-state index in [1.807, 2.05) is 45.3 Å². The van der Waals surface area contributed by atoms with E-state index in [0.717, 1.165) is 47.4 Å². The third kappa shape index (κ3) is 3.19. The minimum Gasteiger partial charge on any atom is -0.326 e. The molecule has 0 amide bonds. The molecule has 1 aliphatic rings. The predicted molar refractivity (Wildman–Crippen MR) is 125 cm³/mol. The predicted octanol–water partition coefficient (Wildman–Crippen LogP) is 4.36. The van der Waals surface area contributed by atoms with Crippen LogP contribution in [0.5, 0.6) is 0 Å². The molecule has 0 radical (unpaired) electrons. The highest BCUT2D eigenvalue weighted by Gasteiger charge is 2.25. The Labute approximate surface area is 186 Å². The summed E-state index contributed by atoms with van der Waals surface area (Å²) in [5.74, 6) is -0.282. The van der Waals surface area contributed by atoms with E-state index in [0.29, 0.717) is 24.3 Å². The Bertz CT molecular complexity index is 1360. The summed E-state index contributed by atoms with van der Waals surface area (Å²) in [4.78, 5) is 17.5. The van der Waals surface area contributed by atoms with Gasteiger partial charge in [0.25, 0.3) is 0 Å². The fraction of sp³-hybridized carbons (Fsp3) is 0.360. The van der Waals surface area contributed by atoms with Crippen molar-refractivity contribution < 1.29 is 4.39 Å². The Morgan fingerprint density at radius 3 is 2.59 bits per heavy atom. The van der Waals surface area contributed by atoms with Crippen molar-refractivity contribution in [1.29, 1.82) is 0 Å². The molecule has 2 aromatic carbocycles. The lowest BCUT2D eigenvalue weighted by Crippen LogP contribution is -2.23. The summed E-state index contributed by atoms with van der Waals surface area (Å²) in [6.07, 6.45) is 2.83. The number of benzene rings is 2. The molecule has 0 spiro atoms. The summed E-state index contributed by atoms with van der Waals surface area (Å²) in [7, 11) is 0. The molecular weight excluding hydrogens is 405 g/mol. The number of nitrogens with zero attached hydrogens (tertiary/aromatic N) is 4. The highest BCUT2D eigenvalue weighted by atomic mass is 19.1. The van der Waals surface area contributed by atoms with Crippen molar-refractivity contribution >= 4 is 11.0 Å². The van der Waals surface area contributed by atoms with Gasteiger partial charge in [0, 0.05) is 36.8 Å². The number of imidazole rings is 2. The van der Waals surface area contributed by atoms with E-state index in [1.54, 1.807) is 15.2 Å². The first-order valence-corrected chi connectivity index (χ1v) is 11.3. The maximum atomic E-state index is 14.9. The number of hydrogen-bond acceptors (Lipinski definition) is 3. The van der Waals surface area contributed by atoms with E-state index in [2.05, 4.69) is 16.0 Å². The molecular formula is C25H28FN5O. The van der Waals surface area contributed by atoms with Crippen LogP contribution in [-0.4, -0.2) is 31.8 Å². The van der Waals surface area contributed by atoms with Crippen LogP contribution in [0.1, 0.15) is 31.9 Å². The van der Waals surface area contributed by atoms with Crippen LogP contribution in [-0.2, 0) is 13.1 Å². The number of rotatable bonds is 5. The number of hydrogen-bond donors (Lipinski definition) is 1. The first kappa shape index (κ1) is 20.7. The van der Waals surface area contributed by atoms with Gasteiger partial charge in [0.2, 0.25) is 0 Å². The number of aromatic nitrogens is 4. The van der Waals surface area contributed by atoms with Crippen molar-refractivity contribution in [2.75, 3.05) is 13.1 Å². The monoisotopic (exact) mass is 433 g/mol. The van der Waals surface area contributed by atoms with E-state index in [4.69, 9.17) is 4.98 Å². The van der Waals surface area contributed by atoms with Gasteiger partial charge in [-0.2, -0.15) is 0 Å². The first-order valence-electron chi connectivity index (χ1n) is 11.3. The molecule has 0 aliphatic carbocycles. The van der Waals surface area contributed by atoms with Crippen molar-refractivity contribution in [3.63, 3.8) is 0 Å². The van der Waals surface area contributed by atoms with Crippen LogP contribution >= 0.6 is 0 Å². The summed E-state index contributed by atoms with van der Waals surface area (Å²) in [5, 5.41) is 3.41. The van der Waals surface area contributed by atoms with Crippen LogP contribution in [0.2, 0.25) is 0 Å². The zero-order valence-corrected chi connectivity index (χ0v) is 18.7. The molecule has 5 rings (SSSR count). The standard InChI is InChI=1S/C25H28FN5O/c1-4-29-21-9-7-17(13-22(21)30(5-2)25(29)32)24-23(19-12-16(3)6-8-20(19)26)28-15-31(24)18-10-11-27-14-18/h6-9,12-13,15,18,27H,4-5,10-11,14H2,1-3H3. The SMILES string of the molecule is CCn1c(=O)n(CC)c2cc(-c3c(-c4cc(C)ccc4F)ncn3C3CCNC3)ccc21. The maximum Gasteiger partial charge on any atom is 0.329 e. The lowest BCUT2D eigenvalue weighted by molar-refractivity contribution is 0.551. The lowest BCUT2D eigenvalue weighted by Gasteiger charge is -2.17. The zero-order valence-electron chi connectivity index (χ0n) is 18.7. The van der Waals surface area contributed by atoms with E-state index in [1.165, 1.54) is 6.07 Å². The van der Waals surface area contributed by atoms with Gasteiger partial charge in [-0.3, -0.25) is 9.13 Å². The van der Waals surface area contributed by atoms with Gasteiger partial charge < -0.3 is 9.88 Å². The molecule has 1 unspecified atom stereocenters. The maximum absolute atomic E-state index is 14.9. The Morgan fingerprint density at radius 2 is 1.88 bits per heavy atom. The Kier molecular flexibility index (Phi) is 5.21. The molecule has 7 heteroatoms. The smallest absolute Gasteiger partial charge is 0.326 e. The van der Waals surface area contributed by atoms with Crippen molar-refractivity contribution in [3.8, 4) is 22.5 Å². The van der Waals surface area contributed by atoms with Gasteiger partial charge in [-0.25, -0.2) is 14.2 Å². The topological polar surface area (TPSA) is 56.8 Å². The van der Waals surface area contributed by atoms with E-state index in [9.17, 15) is 9.18 Å². The van der Waals surface area contributed by atoms with Gasteiger partial charge in [0.05, 0.1) is 28.7 Å². The number of nitrogens with one attached hydrogen (secondary N) is 1. The minimum absolute atomic E-state index is 0.000558. The zero-order chi connectivity index (χ0) is 22.4. The molecule has 1 aliphatic heterocycles. The van der Waals surface area contributed by atoms with E-state index >= 15 is 0 Å². The quantitative estimate of drug-likeness (QED) is 0.509. The molecule has 1 fully saturated rings. The van der Waals surface area contributed by atoms with Crippen LogP contribution in [0.15, 0.2) is 47.5 Å². The van der Waals surface area contributed by atoms with Gasteiger partial charge in [0.15, 0.2) is 0 Å². The van der Waals surface area contributed by atoms with Gasteiger partial charge in [-0.05, 0) is 58.0 Å². The average molecular weight is 434 g/mol. The molecule has 3 heterocycles. The summed E-state index contributed by atoms with van der Waals surface area (Å²) in [5.41, 5.74) is 5.77. The Balaban J connectivity index is 1.78. The largest absolute Gasteiger partial charge is 0.329 e. The van der Waals surface area contributed by atoms with Crippen molar-refractivity contribution in [3.05, 3.63) is 64.6 Å². The van der Waals surface area contributed by atoms with Crippen LogP contribution in [0.4, 0.5) is 4.39 Å². The molecule has 4 aromatic rings. The fourth-order valence-corrected chi connectivity index (χ4v) is 4.90. The Hall–Kier alpha value is -3.19. The average Bonchev–Trinajstić information content (AvgIpc) is 3.51. The van der Waals surface area contributed by atoms with Gasteiger partial charge in [-0.15, -0.1) is 0 Å². The number of halogens is 1. The third-order valence-corrected chi connectivity index (χ3v) is 6.52. The second kappa shape index (κ2) is 8.06. The van der Waals surface area contributed by atoms with Crippen LogP contribution < -0.4 is 11.0 Å². The van der Waals surface area contributed by atoms with Gasteiger partial charge in [0.1, 0.15) is 5.82 Å². The second-order valence-corrected chi connectivity index (χ2v) is 8.45. The molecule has 0 saturated carbocycles. The molecule has 1 saturated heterocycles. The Morgan fingerprint density at radius 1 is 1.09 bits per heavy atom. The lowest BCUT2D eigenvalue weighted by atomic mass is 10.0. The van der Waals surface area contributed by atoms with Gasteiger partial charge in [-0.1, -0.05) is 17.7 Å². The molecule has 32 heavy (non-hydrogen) atoms. The molecule has 166 valence electrons. The highest BCUT2D eigenvalue weighted by molar-refractivity contribution is 5.86.